The monoisotopic (exact) mass is 556 g/mol. The summed E-state index contributed by atoms with van der Waals surface area (Å²) in [6.07, 6.45) is 1.84. The van der Waals surface area contributed by atoms with Crippen molar-refractivity contribution in [2.45, 2.75) is 40.7 Å². The topological polar surface area (TPSA) is 109 Å². The lowest BCUT2D eigenvalue weighted by Gasteiger charge is -2.24. The summed E-state index contributed by atoms with van der Waals surface area (Å²) in [4.78, 5) is 42.8. The van der Waals surface area contributed by atoms with Crippen molar-refractivity contribution in [3.05, 3.63) is 124 Å². The number of hydrogen-bond acceptors (Lipinski definition) is 7. The van der Waals surface area contributed by atoms with Crippen molar-refractivity contribution < 1.29 is 14.5 Å². The second-order valence-corrected chi connectivity index (χ2v) is 10.7. The summed E-state index contributed by atoms with van der Waals surface area (Å²) in [5, 5.41) is 11.1. The fourth-order valence-electron chi connectivity index (χ4n) is 5.05. The minimum absolute atomic E-state index is 0.0214. The molecule has 9 nitrogen and oxygen atoms in total. The Morgan fingerprint density at radius 1 is 1.10 bits per heavy atom. The van der Waals surface area contributed by atoms with Crippen LogP contribution in [0.15, 0.2) is 75.7 Å². The number of benzene rings is 2. The van der Waals surface area contributed by atoms with Crippen LogP contribution in [-0.2, 0) is 9.53 Å². The van der Waals surface area contributed by atoms with E-state index in [9.17, 15) is 19.7 Å². The lowest BCUT2D eigenvalue weighted by molar-refractivity contribution is -0.384. The molecule has 0 radical (unpaired) electrons. The van der Waals surface area contributed by atoms with E-state index < -0.39 is 16.9 Å². The molecule has 0 saturated carbocycles. The number of non-ortho nitro benzene ring substituents is 1. The molecule has 1 atom stereocenters. The summed E-state index contributed by atoms with van der Waals surface area (Å²) < 4.78 is 9.42. The molecule has 0 aliphatic carbocycles. The van der Waals surface area contributed by atoms with Gasteiger partial charge in [-0.1, -0.05) is 41.2 Å². The molecule has 3 heterocycles. The Labute approximate surface area is 234 Å². The molecule has 2 aromatic carbocycles. The second-order valence-electron chi connectivity index (χ2n) is 9.65. The van der Waals surface area contributed by atoms with Crippen molar-refractivity contribution in [3.63, 3.8) is 0 Å². The van der Waals surface area contributed by atoms with Crippen LogP contribution in [0.25, 0.3) is 11.8 Å². The Morgan fingerprint density at radius 3 is 2.40 bits per heavy atom. The van der Waals surface area contributed by atoms with Gasteiger partial charge >= 0.3 is 5.97 Å². The Hall–Kier alpha value is -4.57. The summed E-state index contributed by atoms with van der Waals surface area (Å²) in [5.74, 6) is -0.491. The molecule has 0 bridgehead atoms. The van der Waals surface area contributed by atoms with E-state index in [1.807, 2.05) is 61.7 Å². The van der Waals surface area contributed by atoms with Crippen molar-refractivity contribution in [2.75, 3.05) is 6.61 Å². The number of aromatic nitrogens is 2. The van der Waals surface area contributed by atoms with Crippen LogP contribution >= 0.6 is 11.3 Å². The van der Waals surface area contributed by atoms with Crippen LogP contribution < -0.4 is 14.9 Å². The van der Waals surface area contributed by atoms with Crippen molar-refractivity contribution in [1.82, 2.24) is 9.13 Å². The van der Waals surface area contributed by atoms with E-state index in [0.29, 0.717) is 20.6 Å². The highest BCUT2D eigenvalue weighted by atomic mass is 32.1. The number of nitro benzene ring substituents is 1. The van der Waals surface area contributed by atoms with Crippen LogP contribution in [-0.4, -0.2) is 26.6 Å². The lowest BCUT2D eigenvalue weighted by atomic mass is 9.95. The van der Waals surface area contributed by atoms with Gasteiger partial charge in [0.25, 0.3) is 11.2 Å². The smallest absolute Gasteiger partial charge is 0.338 e. The Bertz CT molecular complexity index is 1860. The number of carbonyl (C=O) groups is 1. The predicted molar refractivity (Wildman–Crippen MR) is 153 cm³/mol. The summed E-state index contributed by atoms with van der Waals surface area (Å²) in [5.41, 5.74) is 5.94. The SMILES string of the molecule is CCOC(=O)C1=C(C)N=c2s/c(=C\c3cc(C)n(-c4ccc([N+](=O)[O-])cc4)c3C)c(=O)n2C1c1ccc(C)cc1. The van der Waals surface area contributed by atoms with Gasteiger partial charge in [-0.25, -0.2) is 9.79 Å². The van der Waals surface area contributed by atoms with Crippen LogP contribution in [0.2, 0.25) is 0 Å². The molecule has 204 valence electrons. The van der Waals surface area contributed by atoms with Gasteiger partial charge in [0.2, 0.25) is 0 Å². The number of rotatable bonds is 6. The molecule has 4 aromatic rings. The number of fused-ring (bicyclic) bond motifs is 1. The van der Waals surface area contributed by atoms with Crippen LogP contribution in [0.3, 0.4) is 0 Å². The number of carbonyl (C=O) groups excluding carboxylic acids is 1. The fourth-order valence-corrected chi connectivity index (χ4v) is 6.09. The van der Waals surface area contributed by atoms with E-state index in [0.717, 1.165) is 33.8 Å². The maximum Gasteiger partial charge on any atom is 0.338 e. The highest BCUT2D eigenvalue weighted by Gasteiger charge is 2.33. The molecular formula is C30H28N4O5S. The summed E-state index contributed by atoms with van der Waals surface area (Å²) in [6, 6.07) is 15.4. The molecule has 40 heavy (non-hydrogen) atoms. The summed E-state index contributed by atoms with van der Waals surface area (Å²) >= 11 is 1.27. The van der Waals surface area contributed by atoms with Gasteiger partial charge in [-0.3, -0.25) is 19.5 Å². The van der Waals surface area contributed by atoms with Crippen LogP contribution in [0, 0.1) is 30.9 Å². The second kappa shape index (κ2) is 10.5. The standard InChI is InChI=1S/C30H28N4O5S/c1-6-39-29(36)26-19(4)31-30-33(27(26)21-9-7-17(2)8-10-21)28(35)25(40-30)16-22-15-18(3)32(20(22)5)23-11-13-24(14-12-23)34(37)38/h7-16,27H,6H2,1-5H3/b25-16-. The molecule has 10 heteroatoms. The normalized spacial score (nSPS) is 15.1. The first-order chi connectivity index (χ1) is 19.1. The number of nitrogens with zero attached hydrogens (tertiary/aromatic N) is 4. The number of hydrogen-bond donors (Lipinski definition) is 0. The fraction of sp³-hybridized carbons (Fsp3) is 0.233. The van der Waals surface area contributed by atoms with Crippen molar-refractivity contribution >= 4 is 29.1 Å². The zero-order chi connectivity index (χ0) is 28.7. The van der Waals surface area contributed by atoms with Crippen LogP contribution in [0.4, 0.5) is 5.69 Å². The van der Waals surface area contributed by atoms with Gasteiger partial charge in [0.05, 0.1) is 33.4 Å². The molecule has 1 aliphatic heterocycles. The highest BCUT2D eigenvalue weighted by Crippen LogP contribution is 2.31. The minimum atomic E-state index is -0.661. The Balaban J connectivity index is 1.66. The number of allylic oxidation sites excluding steroid dienone is 1. The molecule has 2 aromatic heterocycles. The zero-order valence-electron chi connectivity index (χ0n) is 22.8. The number of nitro groups is 1. The third kappa shape index (κ3) is 4.71. The van der Waals surface area contributed by atoms with Crippen LogP contribution in [0.5, 0.6) is 0 Å². The van der Waals surface area contributed by atoms with E-state index >= 15 is 0 Å². The molecule has 0 fully saturated rings. The van der Waals surface area contributed by atoms with E-state index in [1.54, 1.807) is 30.5 Å². The summed E-state index contributed by atoms with van der Waals surface area (Å²) in [6.45, 7) is 9.59. The molecule has 0 spiro atoms. The molecule has 0 amide bonds. The van der Waals surface area contributed by atoms with E-state index in [-0.39, 0.29) is 17.9 Å². The largest absolute Gasteiger partial charge is 0.463 e. The maximum absolute atomic E-state index is 13.9. The zero-order valence-corrected chi connectivity index (χ0v) is 23.6. The van der Waals surface area contributed by atoms with Crippen molar-refractivity contribution in [2.24, 2.45) is 4.99 Å². The van der Waals surface area contributed by atoms with Crippen molar-refractivity contribution in [3.8, 4) is 5.69 Å². The van der Waals surface area contributed by atoms with Crippen molar-refractivity contribution in [1.29, 1.82) is 0 Å². The van der Waals surface area contributed by atoms with Gasteiger partial charge in [0.1, 0.15) is 0 Å². The van der Waals surface area contributed by atoms with Gasteiger partial charge in [-0.05, 0) is 70.0 Å². The number of thiazole rings is 1. The van der Waals surface area contributed by atoms with Gasteiger partial charge in [-0.2, -0.15) is 0 Å². The molecular weight excluding hydrogens is 528 g/mol. The lowest BCUT2D eigenvalue weighted by Crippen LogP contribution is -2.39. The highest BCUT2D eigenvalue weighted by molar-refractivity contribution is 7.07. The molecule has 5 rings (SSSR count). The van der Waals surface area contributed by atoms with E-state index in [1.165, 1.54) is 23.5 Å². The third-order valence-corrected chi connectivity index (χ3v) is 7.97. The first-order valence-corrected chi connectivity index (χ1v) is 13.6. The average molecular weight is 557 g/mol. The number of ether oxygens (including phenoxy) is 1. The van der Waals surface area contributed by atoms with Gasteiger partial charge in [0, 0.05) is 29.2 Å². The summed E-state index contributed by atoms with van der Waals surface area (Å²) in [7, 11) is 0. The molecule has 1 aliphatic rings. The molecule has 0 N–H and O–H groups in total. The number of aryl methyl sites for hydroxylation is 2. The Morgan fingerprint density at radius 2 is 1.77 bits per heavy atom. The molecule has 0 saturated heterocycles. The predicted octanol–water partition coefficient (Wildman–Crippen LogP) is 4.42. The first-order valence-electron chi connectivity index (χ1n) is 12.8. The minimum Gasteiger partial charge on any atom is -0.463 e. The van der Waals surface area contributed by atoms with Gasteiger partial charge < -0.3 is 9.30 Å². The average Bonchev–Trinajstić information content (AvgIpc) is 3.37. The maximum atomic E-state index is 13.9. The quantitative estimate of drug-likeness (QED) is 0.198. The van der Waals surface area contributed by atoms with E-state index in [4.69, 9.17) is 4.74 Å². The Kier molecular flexibility index (Phi) is 7.12. The van der Waals surface area contributed by atoms with Crippen LogP contribution in [0.1, 0.15) is 48.0 Å². The van der Waals surface area contributed by atoms with Gasteiger partial charge in [-0.15, -0.1) is 0 Å². The van der Waals surface area contributed by atoms with E-state index in [2.05, 4.69) is 4.99 Å². The first kappa shape index (κ1) is 27.0. The van der Waals surface area contributed by atoms with Gasteiger partial charge in [0.15, 0.2) is 4.80 Å². The molecule has 1 unspecified atom stereocenters. The number of esters is 1. The third-order valence-electron chi connectivity index (χ3n) is 6.99.